The first-order chi connectivity index (χ1) is 13.6. The Balaban J connectivity index is 1.61. The summed E-state index contributed by atoms with van der Waals surface area (Å²) in [4.78, 5) is 30.9. The van der Waals surface area contributed by atoms with E-state index in [4.69, 9.17) is 4.74 Å². The second-order valence-corrected chi connectivity index (χ2v) is 9.01. The average molecular weight is 397 g/mol. The maximum atomic E-state index is 12.4. The number of esters is 1. The number of anilines is 2. The van der Waals surface area contributed by atoms with E-state index in [0.717, 1.165) is 28.3 Å². The van der Waals surface area contributed by atoms with E-state index in [2.05, 4.69) is 23.1 Å². The number of methoxy groups -OCH3 is 1. The lowest BCUT2D eigenvalue weighted by molar-refractivity contribution is -0.144. The molecule has 2 aromatic rings. The number of ether oxygens (including phenoxy) is 1. The molecule has 0 spiro atoms. The van der Waals surface area contributed by atoms with Gasteiger partial charge in [-0.3, -0.25) is 9.59 Å². The molecule has 1 aromatic carbocycles. The molecule has 5 nitrogen and oxygen atoms in total. The fourth-order valence-electron chi connectivity index (χ4n) is 4.87. The summed E-state index contributed by atoms with van der Waals surface area (Å²) in [5.41, 5.74) is 6.40. The van der Waals surface area contributed by atoms with Crippen molar-refractivity contribution in [3.8, 4) is 10.4 Å². The van der Waals surface area contributed by atoms with Crippen molar-refractivity contribution in [1.82, 2.24) is 0 Å². The Hall–Kier alpha value is -2.34. The molecule has 1 aromatic heterocycles. The molecule has 146 valence electrons. The van der Waals surface area contributed by atoms with Crippen molar-refractivity contribution in [1.29, 1.82) is 0 Å². The summed E-state index contributed by atoms with van der Waals surface area (Å²) in [6.07, 6.45) is 4.85. The molecule has 0 saturated carbocycles. The Labute approximate surface area is 168 Å². The zero-order valence-corrected chi connectivity index (χ0v) is 17.1. The van der Waals surface area contributed by atoms with Crippen molar-refractivity contribution in [2.75, 3.05) is 37.0 Å². The standard InChI is InChI=1S/C22H24N2O3S/c1-23-17-12-18(28-21(17)16(11-19(23)25)22(26)27-2)15-9-13-5-3-7-24-8-4-6-14(10-15)20(13)24/h9-10,12,16H,3-8,11H2,1-2H3. The molecule has 28 heavy (non-hydrogen) atoms. The topological polar surface area (TPSA) is 49.9 Å². The SMILES string of the molecule is COC(=O)C1CC(=O)N(C)c2cc(-c3cc4c5c(c3)CCCN5CCC4)sc21. The van der Waals surface area contributed by atoms with E-state index in [9.17, 15) is 9.59 Å². The van der Waals surface area contributed by atoms with Gasteiger partial charge in [-0.05, 0) is 60.6 Å². The van der Waals surface area contributed by atoms with E-state index >= 15 is 0 Å². The van der Waals surface area contributed by atoms with Crippen LogP contribution < -0.4 is 9.80 Å². The molecule has 1 atom stereocenters. The third-order valence-corrected chi connectivity index (χ3v) is 7.56. The van der Waals surface area contributed by atoms with Crippen LogP contribution in [0.3, 0.4) is 0 Å². The summed E-state index contributed by atoms with van der Waals surface area (Å²) in [6.45, 7) is 2.33. The van der Waals surface area contributed by atoms with Crippen LogP contribution in [0.25, 0.3) is 10.4 Å². The van der Waals surface area contributed by atoms with Gasteiger partial charge in [-0.15, -0.1) is 11.3 Å². The van der Waals surface area contributed by atoms with Crippen LogP contribution in [0.2, 0.25) is 0 Å². The number of carbonyl (C=O) groups excluding carboxylic acids is 2. The summed E-state index contributed by atoms with van der Waals surface area (Å²) in [7, 11) is 3.18. The Bertz CT molecular complexity index is 949. The summed E-state index contributed by atoms with van der Waals surface area (Å²) >= 11 is 1.63. The first kappa shape index (κ1) is 17.7. The molecule has 5 rings (SSSR count). The molecule has 1 unspecified atom stereocenters. The van der Waals surface area contributed by atoms with Crippen molar-refractivity contribution in [3.05, 3.63) is 34.2 Å². The zero-order chi connectivity index (χ0) is 19.4. The number of hydrogen-bond acceptors (Lipinski definition) is 5. The van der Waals surface area contributed by atoms with E-state index in [0.29, 0.717) is 0 Å². The van der Waals surface area contributed by atoms with Crippen molar-refractivity contribution in [3.63, 3.8) is 0 Å². The van der Waals surface area contributed by atoms with Crippen LogP contribution in [0.5, 0.6) is 0 Å². The van der Waals surface area contributed by atoms with Crippen LogP contribution in [-0.2, 0) is 27.2 Å². The highest BCUT2D eigenvalue weighted by Gasteiger charge is 2.37. The molecular weight excluding hydrogens is 372 g/mol. The number of hydrogen-bond donors (Lipinski definition) is 0. The fourth-order valence-corrected chi connectivity index (χ4v) is 6.13. The summed E-state index contributed by atoms with van der Waals surface area (Å²) in [5.74, 6) is -0.857. The molecule has 0 fully saturated rings. The minimum atomic E-state index is -0.492. The van der Waals surface area contributed by atoms with Gasteiger partial charge in [-0.1, -0.05) is 0 Å². The highest BCUT2D eigenvalue weighted by Crippen LogP contribution is 2.47. The van der Waals surface area contributed by atoms with E-state index in [1.807, 2.05) is 0 Å². The molecule has 0 N–H and O–H groups in total. The predicted molar refractivity (Wildman–Crippen MR) is 111 cm³/mol. The fraction of sp³-hybridized carbons (Fsp3) is 0.455. The minimum Gasteiger partial charge on any atom is -0.469 e. The predicted octanol–water partition coefficient (Wildman–Crippen LogP) is 3.74. The molecule has 0 saturated heterocycles. The van der Waals surface area contributed by atoms with Gasteiger partial charge < -0.3 is 14.5 Å². The van der Waals surface area contributed by atoms with Crippen molar-refractivity contribution in [2.45, 2.75) is 38.0 Å². The van der Waals surface area contributed by atoms with Crippen LogP contribution in [-0.4, -0.2) is 39.1 Å². The molecule has 4 heterocycles. The number of carbonyl (C=O) groups is 2. The third kappa shape index (κ3) is 2.65. The van der Waals surface area contributed by atoms with Crippen LogP contribution in [0.1, 0.15) is 41.2 Å². The molecule has 3 aliphatic rings. The van der Waals surface area contributed by atoms with Crippen LogP contribution in [0.4, 0.5) is 11.4 Å². The maximum absolute atomic E-state index is 12.4. The number of thiophene rings is 1. The van der Waals surface area contributed by atoms with E-state index in [-0.39, 0.29) is 18.3 Å². The van der Waals surface area contributed by atoms with Gasteiger partial charge in [0.25, 0.3) is 0 Å². The number of aryl methyl sites for hydroxylation is 2. The number of nitrogens with zero attached hydrogens (tertiary/aromatic N) is 2. The smallest absolute Gasteiger partial charge is 0.314 e. The Morgan fingerprint density at radius 2 is 1.82 bits per heavy atom. The second kappa shape index (κ2) is 6.62. The second-order valence-electron chi connectivity index (χ2n) is 7.93. The number of amides is 1. The summed E-state index contributed by atoms with van der Waals surface area (Å²) < 4.78 is 4.97. The molecule has 1 amide bonds. The van der Waals surface area contributed by atoms with Gasteiger partial charge in [0, 0.05) is 42.0 Å². The normalized spacial score (nSPS) is 20.6. The molecular formula is C22H24N2O3S. The Morgan fingerprint density at radius 1 is 1.14 bits per heavy atom. The molecule has 3 aliphatic heterocycles. The Morgan fingerprint density at radius 3 is 2.46 bits per heavy atom. The summed E-state index contributed by atoms with van der Waals surface area (Å²) in [6, 6.07) is 6.72. The highest BCUT2D eigenvalue weighted by atomic mass is 32.1. The molecule has 0 aliphatic carbocycles. The largest absolute Gasteiger partial charge is 0.469 e. The zero-order valence-electron chi connectivity index (χ0n) is 16.3. The van der Waals surface area contributed by atoms with Crippen LogP contribution in [0.15, 0.2) is 18.2 Å². The van der Waals surface area contributed by atoms with Gasteiger partial charge >= 0.3 is 5.97 Å². The van der Waals surface area contributed by atoms with E-state index in [1.165, 1.54) is 55.4 Å². The first-order valence-corrected chi connectivity index (χ1v) is 10.8. The summed E-state index contributed by atoms with van der Waals surface area (Å²) in [5, 5.41) is 0. The van der Waals surface area contributed by atoms with Crippen LogP contribution >= 0.6 is 11.3 Å². The Kier molecular flexibility index (Phi) is 4.19. The monoisotopic (exact) mass is 396 g/mol. The minimum absolute atomic E-state index is 0.0385. The van der Waals surface area contributed by atoms with Crippen LogP contribution in [0, 0.1) is 0 Å². The lowest BCUT2D eigenvalue weighted by Gasteiger charge is -2.37. The molecule has 0 bridgehead atoms. The van der Waals surface area contributed by atoms with Crippen molar-refractivity contribution >= 4 is 34.6 Å². The van der Waals surface area contributed by atoms with Crippen molar-refractivity contribution in [2.24, 2.45) is 0 Å². The van der Waals surface area contributed by atoms with Gasteiger partial charge in [-0.2, -0.15) is 0 Å². The highest BCUT2D eigenvalue weighted by molar-refractivity contribution is 7.16. The van der Waals surface area contributed by atoms with E-state index in [1.54, 1.807) is 23.3 Å². The third-order valence-electron chi connectivity index (χ3n) is 6.27. The molecule has 0 radical (unpaired) electrons. The number of fused-ring (bicyclic) bond motifs is 1. The van der Waals surface area contributed by atoms with E-state index < -0.39 is 5.92 Å². The first-order valence-electron chi connectivity index (χ1n) is 9.96. The lowest BCUT2D eigenvalue weighted by atomic mass is 9.89. The van der Waals surface area contributed by atoms with Gasteiger partial charge in [0.15, 0.2) is 0 Å². The molecule has 6 heteroatoms. The number of benzene rings is 1. The van der Waals surface area contributed by atoms with Crippen molar-refractivity contribution < 1.29 is 14.3 Å². The average Bonchev–Trinajstić information content (AvgIpc) is 3.16. The van der Waals surface area contributed by atoms with Gasteiger partial charge in [-0.25, -0.2) is 0 Å². The number of rotatable bonds is 2. The van der Waals surface area contributed by atoms with Gasteiger partial charge in [0.1, 0.15) is 5.92 Å². The lowest BCUT2D eigenvalue weighted by Crippen LogP contribution is -2.34. The van der Waals surface area contributed by atoms with Gasteiger partial charge in [0.05, 0.1) is 12.8 Å². The maximum Gasteiger partial charge on any atom is 0.314 e. The quantitative estimate of drug-likeness (QED) is 0.726. The van der Waals surface area contributed by atoms with Gasteiger partial charge in [0.2, 0.25) is 5.91 Å².